The third-order valence-electron chi connectivity index (χ3n) is 6.21. The maximum absolute atomic E-state index is 12.8. The number of nitrogens with zero attached hydrogens (tertiary/aromatic N) is 7. The number of hydrogen-bond acceptors (Lipinski definition) is 6. The molecule has 1 spiro atoms. The summed E-state index contributed by atoms with van der Waals surface area (Å²) in [4.78, 5) is 36.2. The lowest BCUT2D eigenvalue weighted by Gasteiger charge is -2.47. The Kier molecular flexibility index (Phi) is 5.10. The molecule has 2 aliphatic rings. The van der Waals surface area contributed by atoms with Crippen molar-refractivity contribution >= 4 is 11.8 Å². The van der Waals surface area contributed by atoms with Gasteiger partial charge >= 0.3 is 0 Å². The number of nitrogens with one attached hydrogen (secondary N) is 1. The lowest BCUT2D eigenvalue weighted by atomic mass is 9.72. The Morgan fingerprint density at radius 3 is 2.82 bits per heavy atom. The maximum atomic E-state index is 12.8. The van der Waals surface area contributed by atoms with Gasteiger partial charge in [0, 0.05) is 50.9 Å². The summed E-state index contributed by atoms with van der Waals surface area (Å²) in [5.41, 5.74) is 1.17. The molecule has 2 aromatic heterocycles. The van der Waals surface area contributed by atoms with Gasteiger partial charge in [-0.3, -0.25) is 9.59 Å². The Balaban J connectivity index is 1.33. The Bertz CT molecular complexity index is 796. The first kappa shape index (κ1) is 18.6. The van der Waals surface area contributed by atoms with E-state index in [9.17, 15) is 9.59 Å². The summed E-state index contributed by atoms with van der Waals surface area (Å²) in [5.74, 6) is 0.279. The summed E-state index contributed by atoms with van der Waals surface area (Å²) >= 11 is 0. The van der Waals surface area contributed by atoms with Gasteiger partial charge in [0.1, 0.15) is 12.4 Å². The number of piperidine rings is 2. The van der Waals surface area contributed by atoms with Gasteiger partial charge in [-0.05, 0) is 42.0 Å². The van der Waals surface area contributed by atoms with Crippen molar-refractivity contribution in [3.8, 4) is 0 Å². The van der Waals surface area contributed by atoms with E-state index in [1.165, 1.54) is 11.0 Å². The quantitative estimate of drug-likeness (QED) is 0.797. The zero-order valence-electron chi connectivity index (χ0n) is 16.1. The fourth-order valence-electron chi connectivity index (χ4n) is 4.32. The molecule has 2 aromatic rings. The second kappa shape index (κ2) is 7.69. The molecule has 28 heavy (non-hydrogen) atoms. The van der Waals surface area contributed by atoms with E-state index in [1.54, 1.807) is 12.5 Å². The standard InChI is InChI=1S/C18H26N8O2/c1-14(26-13-21-22-23-26)17(28)24-8-5-18(6-9-24)4-2-16(27)25(11-18)7-3-15-10-19-12-20-15/h10,12-14H,2-9,11H2,1H3,(H,19,20)/t14-/m0/s1. The van der Waals surface area contributed by atoms with E-state index in [2.05, 4.69) is 25.5 Å². The summed E-state index contributed by atoms with van der Waals surface area (Å²) < 4.78 is 1.49. The van der Waals surface area contributed by atoms with Crippen LogP contribution in [0.15, 0.2) is 18.9 Å². The first-order chi connectivity index (χ1) is 13.6. The highest BCUT2D eigenvalue weighted by Crippen LogP contribution is 2.40. The predicted molar refractivity (Wildman–Crippen MR) is 98.9 cm³/mol. The van der Waals surface area contributed by atoms with E-state index in [0.717, 1.165) is 37.9 Å². The van der Waals surface area contributed by atoms with Crippen LogP contribution in [0.4, 0.5) is 0 Å². The van der Waals surface area contributed by atoms with E-state index >= 15 is 0 Å². The molecule has 2 aliphatic heterocycles. The van der Waals surface area contributed by atoms with Crippen molar-refractivity contribution in [2.75, 3.05) is 26.2 Å². The number of aromatic nitrogens is 6. The third-order valence-corrected chi connectivity index (χ3v) is 6.21. The number of aromatic amines is 1. The van der Waals surface area contributed by atoms with E-state index in [-0.39, 0.29) is 17.2 Å². The number of tetrazole rings is 1. The molecule has 4 heterocycles. The smallest absolute Gasteiger partial charge is 0.247 e. The number of hydrogen-bond donors (Lipinski definition) is 1. The normalized spacial score (nSPS) is 20.5. The maximum Gasteiger partial charge on any atom is 0.247 e. The molecule has 1 atom stereocenters. The third kappa shape index (κ3) is 3.76. The molecule has 10 heteroatoms. The first-order valence-corrected chi connectivity index (χ1v) is 9.83. The molecular formula is C18H26N8O2. The zero-order valence-corrected chi connectivity index (χ0v) is 16.1. The van der Waals surface area contributed by atoms with Gasteiger partial charge < -0.3 is 14.8 Å². The van der Waals surface area contributed by atoms with Crippen molar-refractivity contribution in [1.82, 2.24) is 40.0 Å². The van der Waals surface area contributed by atoms with E-state index in [0.29, 0.717) is 26.1 Å². The number of rotatable bonds is 5. The molecule has 0 aliphatic carbocycles. The number of carbonyl (C=O) groups is 2. The highest BCUT2D eigenvalue weighted by Gasteiger charge is 2.42. The fourth-order valence-corrected chi connectivity index (χ4v) is 4.32. The highest BCUT2D eigenvalue weighted by atomic mass is 16.2. The van der Waals surface area contributed by atoms with Crippen LogP contribution < -0.4 is 0 Å². The number of imidazole rings is 1. The Morgan fingerprint density at radius 2 is 2.14 bits per heavy atom. The molecule has 1 N–H and O–H groups in total. The molecule has 2 fully saturated rings. The number of H-pyrrole nitrogens is 1. The van der Waals surface area contributed by atoms with Gasteiger partial charge in [-0.25, -0.2) is 9.67 Å². The van der Waals surface area contributed by atoms with E-state index < -0.39 is 6.04 Å². The van der Waals surface area contributed by atoms with Crippen LogP contribution in [-0.4, -0.2) is 78.0 Å². The van der Waals surface area contributed by atoms with E-state index in [1.807, 2.05) is 16.7 Å². The second-order valence-electron chi connectivity index (χ2n) is 7.93. The van der Waals surface area contributed by atoms with Crippen molar-refractivity contribution in [2.24, 2.45) is 5.41 Å². The van der Waals surface area contributed by atoms with Crippen LogP contribution in [0.5, 0.6) is 0 Å². The summed E-state index contributed by atoms with van der Waals surface area (Å²) in [5, 5.41) is 11.0. The van der Waals surface area contributed by atoms with Gasteiger partial charge in [0.25, 0.3) is 0 Å². The summed E-state index contributed by atoms with van der Waals surface area (Å²) in [6, 6.07) is -0.400. The van der Waals surface area contributed by atoms with Crippen LogP contribution in [0.1, 0.15) is 44.3 Å². The molecule has 0 aromatic carbocycles. The molecule has 0 unspecified atom stereocenters. The molecule has 0 radical (unpaired) electrons. The van der Waals surface area contributed by atoms with Crippen LogP contribution in [0, 0.1) is 5.41 Å². The Labute approximate surface area is 163 Å². The molecule has 10 nitrogen and oxygen atoms in total. The molecule has 2 saturated heterocycles. The minimum absolute atomic E-state index is 0.0464. The van der Waals surface area contributed by atoms with Crippen LogP contribution in [-0.2, 0) is 16.0 Å². The number of carbonyl (C=O) groups excluding carboxylic acids is 2. The Morgan fingerprint density at radius 1 is 1.32 bits per heavy atom. The average molecular weight is 386 g/mol. The van der Waals surface area contributed by atoms with Gasteiger partial charge in [0.15, 0.2) is 0 Å². The van der Waals surface area contributed by atoms with Gasteiger partial charge in [0.2, 0.25) is 11.8 Å². The minimum atomic E-state index is -0.400. The van der Waals surface area contributed by atoms with E-state index in [4.69, 9.17) is 0 Å². The first-order valence-electron chi connectivity index (χ1n) is 9.83. The molecule has 2 amide bonds. The average Bonchev–Trinajstić information content (AvgIpc) is 3.42. The molecule has 0 bridgehead atoms. The highest BCUT2D eigenvalue weighted by molar-refractivity contribution is 5.80. The van der Waals surface area contributed by atoms with Crippen LogP contribution in [0.25, 0.3) is 0 Å². The van der Waals surface area contributed by atoms with Crippen molar-refractivity contribution in [1.29, 1.82) is 0 Å². The van der Waals surface area contributed by atoms with Crippen molar-refractivity contribution in [3.63, 3.8) is 0 Å². The van der Waals surface area contributed by atoms with Gasteiger partial charge in [-0.15, -0.1) is 5.10 Å². The minimum Gasteiger partial charge on any atom is -0.348 e. The topological polar surface area (TPSA) is 113 Å². The van der Waals surface area contributed by atoms with Gasteiger partial charge in [-0.1, -0.05) is 0 Å². The lowest BCUT2D eigenvalue weighted by Crippen LogP contribution is -2.53. The molecular weight excluding hydrogens is 360 g/mol. The van der Waals surface area contributed by atoms with Gasteiger partial charge in [0.05, 0.1) is 6.33 Å². The second-order valence-corrected chi connectivity index (χ2v) is 7.93. The molecule has 4 rings (SSSR count). The van der Waals surface area contributed by atoms with Crippen molar-refractivity contribution < 1.29 is 9.59 Å². The molecule has 0 saturated carbocycles. The summed E-state index contributed by atoms with van der Waals surface area (Å²) in [6.07, 6.45) is 9.09. The Hall–Kier alpha value is -2.78. The van der Waals surface area contributed by atoms with Crippen molar-refractivity contribution in [2.45, 2.75) is 45.1 Å². The SMILES string of the molecule is C[C@@H](C(=O)N1CCC2(CCC(=O)N(CCc3cnc[nH]3)C2)CC1)n1cnnn1. The zero-order chi connectivity index (χ0) is 19.6. The summed E-state index contributed by atoms with van der Waals surface area (Å²) in [7, 11) is 0. The summed E-state index contributed by atoms with van der Waals surface area (Å²) in [6.45, 7) is 4.74. The lowest BCUT2D eigenvalue weighted by molar-refractivity contribution is -0.143. The number of amides is 2. The largest absolute Gasteiger partial charge is 0.348 e. The van der Waals surface area contributed by atoms with Crippen molar-refractivity contribution in [3.05, 3.63) is 24.5 Å². The van der Waals surface area contributed by atoms with Gasteiger partial charge in [-0.2, -0.15) is 0 Å². The molecule has 150 valence electrons. The fraction of sp³-hybridized carbons (Fsp3) is 0.667. The van der Waals surface area contributed by atoms with Crippen LogP contribution in [0.3, 0.4) is 0 Å². The number of likely N-dealkylation sites (tertiary alicyclic amines) is 2. The monoisotopic (exact) mass is 386 g/mol. The van der Waals surface area contributed by atoms with Crippen LogP contribution in [0.2, 0.25) is 0 Å². The van der Waals surface area contributed by atoms with Crippen LogP contribution >= 0.6 is 0 Å². The predicted octanol–water partition coefficient (Wildman–Crippen LogP) is 0.431.